The van der Waals surface area contributed by atoms with E-state index in [1.807, 2.05) is 37.8 Å². The fraction of sp³-hybridized carbons (Fsp3) is 0.444. The molecule has 136 valence electrons. The number of piperazine rings is 1. The molecule has 1 saturated heterocycles. The summed E-state index contributed by atoms with van der Waals surface area (Å²) < 4.78 is 7.19. The third-order valence-corrected chi connectivity index (χ3v) is 4.70. The summed E-state index contributed by atoms with van der Waals surface area (Å²) in [6, 6.07) is 4.08. The highest BCUT2D eigenvalue weighted by Crippen LogP contribution is 2.21. The molecular formula is C18H23N7O. The molecule has 1 aliphatic rings. The fourth-order valence-corrected chi connectivity index (χ4v) is 3.12. The summed E-state index contributed by atoms with van der Waals surface area (Å²) in [6.07, 6.45) is 7.19. The van der Waals surface area contributed by atoms with Gasteiger partial charge in [0.15, 0.2) is 0 Å². The first-order chi connectivity index (χ1) is 12.7. The molecule has 1 fully saturated rings. The molecule has 0 amide bonds. The fourth-order valence-electron chi connectivity index (χ4n) is 3.12. The van der Waals surface area contributed by atoms with Crippen molar-refractivity contribution in [1.29, 1.82) is 0 Å². The number of pyridine rings is 1. The summed E-state index contributed by atoms with van der Waals surface area (Å²) in [5, 5.41) is 8.28. The topological polar surface area (TPSA) is 76.1 Å². The van der Waals surface area contributed by atoms with E-state index < -0.39 is 0 Å². The van der Waals surface area contributed by atoms with E-state index in [2.05, 4.69) is 37.1 Å². The Hall–Kier alpha value is -2.74. The van der Waals surface area contributed by atoms with E-state index in [9.17, 15) is 0 Å². The van der Waals surface area contributed by atoms with Crippen molar-refractivity contribution in [2.45, 2.75) is 12.8 Å². The summed E-state index contributed by atoms with van der Waals surface area (Å²) in [5.41, 5.74) is 3.06. The molecule has 0 unspecified atom stereocenters. The van der Waals surface area contributed by atoms with E-state index in [-0.39, 0.29) is 0 Å². The van der Waals surface area contributed by atoms with Crippen LogP contribution in [-0.4, -0.2) is 63.0 Å². The van der Waals surface area contributed by atoms with Gasteiger partial charge in [-0.3, -0.25) is 9.67 Å². The first kappa shape index (κ1) is 16.7. The highest BCUT2D eigenvalue weighted by molar-refractivity contribution is 5.58. The van der Waals surface area contributed by atoms with Crippen molar-refractivity contribution in [2.24, 2.45) is 7.05 Å². The third kappa shape index (κ3) is 3.75. The van der Waals surface area contributed by atoms with Crippen LogP contribution in [0.15, 0.2) is 35.2 Å². The van der Waals surface area contributed by atoms with Gasteiger partial charge in [-0.2, -0.15) is 10.1 Å². The molecule has 4 heterocycles. The maximum atomic E-state index is 5.40. The van der Waals surface area contributed by atoms with Crippen molar-refractivity contribution < 1.29 is 4.52 Å². The van der Waals surface area contributed by atoms with Gasteiger partial charge in [-0.05, 0) is 31.2 Å². The van der Waals surface area contributed by atoms with Crippen molar-refractivity contribution in [3.63, 3.8) is 0 Å². The second-order valence-electron chi connectivity index (χ2n) is 6.72. The van der Waals surface area contributed by atoms with Gasteiger partial charge in [0.05, 0.1) is 6.20 Å². The molecule has 8 nitrogen and oxygen atoms in total. The number of anilines is 1. The van der Waals surface area contributed by atoms with E-state index in [1.54, 1.807) is 4.68 Å². The standard InChI is InChI=1S/C18H23N7O/c1-23-7-9-25(10-8-23)15-5-6-19-16(11-15)18-21-17(26-22-18)4-3-14-12-20-24(2)13-14/h5-6,11-13H,3-4,7-10H2,1-2H3. The van der Waals surface area contributed by atoms with Gasteiger partial charge in [-0.15, -0.1) is 0 Å². The van der Waals surface area contributed by atoms with Crippen LogP contribution in [0.25, 0.3) is 11.5 Å². The second kappa shape index (κ2) is 7.25. The molecule has 3 aromatic heterocycles. The SMILES string of the molecule is CN1CCN(c2ccnc(-c3noc(CCc4cnn(C)c4)n3)c2)CC1. The molecule has 0 aliphatic carbocycles. The number of hydrogen-bond donors (Lipinski definition) is 0. The number of rotatable bonds is 5. The maximum Gasteiger partial charge on any atom is 0.227 e. The van der Waals surface area contributed by atoms with E-state index in [1.165, 1.54) is 0 Å². The van der Waals surface area contributed by atoms with Crippen LogP contribution in [0.4, 0.5) is 5.69 Å². The molecule has 1 aliphatic heterocycles. The van der Waals surface area contributed by atoms with Crippen LogP contribution in [0.5, 0.6) is 0 Å². The Morgan fingerprint density at radius 3 is 2.73 bits per heavy atom. The smallest absolute Gasteiger partial charge is 0.227 e. The summed E-state index contributed by atoms with van der Waals surface area (Å²) in [6.45, 7) is 4.17. The third-order valence-electron chi connectivity index (χ3n) is 4.70. The largest absolute Gasteiger partial charge is 0.369 e. The van der Waals surface area contributed by atoms with Gasteiger partial charge >= 0.3 is 0 Å². The number of likely N-dealkylation sites (N-methyl/N-ethyl adjacent to an activating group) is 1. The molecule has 0 N–H and O–H groups in total. The van der Waals surface area contributed by atoms with Gasteiger partial charge in [-0.25, -0.2) is 0 Å². The first-order valence-corrected chi connectivity index (χ1v) is 8.87. The molecule has 0 radical (unpaired) electrons. The number of nitrogens with zero attached hydrogens (tertiary/aromatic N) is 7. The predicted octanol–water partition coefficient (Wildman–Crippen LogP) is 1.40. The molecule has 8 heteroatoms. The lowest BCUT2D eigenvalue weighted by atomic mass is 10.2. The number of aromatic nitrogens is 5. The lowest BCUT2D eigenvalue weighted by molar-refractivity contribution is 0.313. The monoisotopic (exact) mass is 353 g/mol. The molecule has 0 spiro atoms. The molecular weight excluding hydrogens is 330 g/mol. The molecule has 4 rings (SSSR count). The summed E-state index contributed by atoms with van der Waals surface area (Å²) in [4.78, 5) is 13.6. The molecule has 0 aromatic carbocycles. The molecule has 0 bridgehead atoms. The van der Waals surface area contributed by atoms with E-state index in [0.29, 0.717) is 18.1 Å². The van der Waals surface area contributed by atoms with Crippen LogP contribution >= 0.6 is 0 Å². The minimum Gasteiger partial charge on any atom is -0.369 e. The summed E-state index contributed by atoms with van der Waals surface area (Å²) in [7, 11) is 4.06. The second-order valence-corrected chi connectivity index (χ2v) is 6.72. The lowest BCUT2D eigenvalue weighted by Crippen LogP contribution is -2.44. The van der Waals surface area contributed by atoms with Crippen LogP contribution in [0.2, 0.25) is 0 Å². The van der Waals surface area contributed by atoms with Crippen molar-refractivity contribution in [3.8, 4) is 11.5 Å². The van der Waals surface area contributed by atoms with Gasteiger partial charge in [0.2, 0.25) is 11.7 Å². The Bertz CT molecular complexity index is 864. The van der Waals surface area contributed by atoms with Crippen molar-refractivity contribution in [1.82, 2.24) is 29.8 Å². The quantitative estimate of drug-likeness (QED) is 0.686. The van der Waals surface area contributed by atoms with E-state index in [4.69, 9.17) is 4.52 Å². The highest BCUT2D eigenvalue weighted by Gasteiger charge is 2.16. The van der Waals surface area contributed by atoms with Crippen molar-refractivity contribution in [2.75, 3.05) is 38.1 Å². The van der Waals surface area contributed by atoms with Gasteiger partial charge in [-0.1, -0.05) is 5.16 Å². The van der Waals surface area contributed by atoms with Crippen LogP contribution in [0.3, 0.4) is 0 Å². The Kier molecular flexibility index (Phi) is 4.66. The molecule has 26 heavy (non-hydrogen) atoms. The number of aryl methyl sites for hydroxylation is 3. The Labute approximate surface area is 152 Å². The zero-order valence-corrected chi connectivity index (χ0v) is 15.2. The summed E-state index contributed by atoms with van der Waals surface area (Å²) >= 11 is 0. The molecule has 3 aromatic rings. The van der Waals surface area contributed by atoms with Crippen LogP contribution < -0.4 is 4.90 Å². The zero-order chi connectivity index (χ0) is 17.9. The Balaban J connectivity index is 1.44. The van der Waals surface area contributed by atoms with Crippen molar-refractivity contribution >= 4 is 5.69 Å². The van der Waals surface area contributed by atoms with Crippen LogP contribution in [0.1, 0.15) is 11.5 Å². The Morgan fingerprint density at radius 1 is 1.12 bits per heavy atom. The zero-order valence-electron chi connectivity index (χ0n) is 15.2. The predicted molar refractivity (Wildman–Crippen MR) is 97.9 cm³/mol. The minimum atomic E-state index is 0.544. The average Bonchev–Trinajstić information content (AvgIpc) is 3.30. The lowest BCUT2D eigenvalue weighted by Gasteiger charge is -2.34. The molecule has 0 atom stereocenters. The van der Waals surface area contributed by atoms with Gasteiger partial charge in [0, 0.05) is 57.7 Å². The minimum absolute atomic E-state index is 0.544. The van der Waals surface area contributed by atoms with Gasteiger partial charge in [0.25, 0.3) is 0 Å². The van der Waals surface area contributed by atoms with Crippen LogP contribution in [-0.2, 0) is 19.9 Å². The van der Waals surface area contributed by atoms with Crippen LogP contribution in [0, 0.1) is 0 Å². The summed E-state index contributed by atoms with van der Waals surface area (Å²) in [5.74, 6) is 1.16. The Morgan fingerprint density at radius 2 is 1.96 bits per heavy atom. The van der Waals surface area contributed by atoms with Gasteiger partial charge in [0.1, 0.15) is 5.69 Å². The maximum absolute atomic E-state index is 5.40. The highest BCUT2D eigenvalue weighted by atomic mass is 16.5. The normalized spacial score (nSPS) is 15.5. The molecule has 0 saturated carbocycles. The van der Waals surface area contributed by atoms with E-state index >= 15 is 0 Å². The number of hydrogen-bond acceptors (Lipinski definition) is 7. The van der Waals surface area contributed by atoms with Crippen molar-refractivity contribution in [3.05, 3.63) is 42.2 Å². The van der Waals surface area contributed by atoms with E-state index in [0.717, 1.165) is 49.5 Å². The first-order valence-electron chi connectivity index (χ1n) is 8.87. The van der Waals surface area contributed by atoms with Gasteiger partial charge < -0.3 is 14.3 Å². The average molecular weight is 353 g/mol.